The lowest BCUT2D eigenvalue weighted by Crippen LogP contribution is -2.38. The minimum absolute atomic E-state index is 0.425. The molecule has 0 aromatic carbocycles. The van der Waals surface area contributed by atoms with Gasteiger partial charge in [-0.25, -0.2) is 0 Å². The van der Waals surface area contributed by atoms with Crippen LogP contribution in [-0.4, -0.2) is 59.8 Å². The number of rotatable bonds is 4. The summed E-state index contributed by atoms with van der Waals surface area (Å²) in [5, 5.41) is 0. The number of nitrogens with zero attached hydrogens (tertiary/aromatic N) is 2. The van der Waals surface area contributed by atoms with Crippen LogP contribution in [0, 0.1) is 25.7 Å². The first kappa shape index (κ1) is 16.7. The molecule has 1 aromatic heterocycles. The molecular weight excluding hydrogens is 320 g/mol. The fourth-order valence-corrected chi connectivity index (χ4v) is 5.51. The first-order chi connectivity index (χ1) is 11.7. The van der Waals surface area contributed by atoms with Gasteiger partial charge in [0, 0.05) is 54.5 Å². The van der Waals surface area contributed by atoms with Gasteiger partial charge in [-0.2, -0.15) is 11.8 Å². The highest BCUT2D eigenvalue weighted by molar-refractivity contribution is 7.99. The average molecular weight is 349 g/mol. The standard InChI is InChI=1S/C19H28N2O2S/c1-13-7-17(8-14(2)20-13)22-11-15-12-23-19-10-21(9-18(15)19)16-3-5-24-6-4-16/h7-8,15-16,18-19H,3-6,9-12H2,1-2H3/t15-,18+,19+/m1/s1. The maximum Gasteiger partial charge on any atom is 0.122 e. The van der Waals surface area contributed by atoms with Crippen molar-refractivity contribution in [1.82, 2.24) is 9.88 Å². The number of fused-ring (bicyclic) bond motifs is 1. The van der Waals surface area contributed by atoms with Crippen molar-refractivity contribution in [1.29, 1.82) is 0 Å². The van der Waals surface area contributed by atoms with Crippen molar-refractivity contribution < 1.29 is 9.47 Å². The predicted octanol–water partition coefficient (Wildman–Crippen LogP) is 2.92. The van der Waals surface area contributed by atoms with Gasteiger partial charge in [-0.05, 0) is 38.2 Å². The SMILES string of the molecule is Cc1cc(OC[C@@H]2CO[C@H]3CN(C4CCSCC4)C[C@@H]23)cc(C)n1. The zero-order chi connectivity index (χ0) is 16.5. The summed E-state index contributed by atoms with van der Waals surface area (Å²) in [7, 11) is 0. The molecule has 0 amide bonds. The summed E-state index contributed by atoms with van der Waals surface area (Å²) in [4.78, 5) is 7.11. The average Bonchev–Trinajstić information content (AvgIpc) is 3.14. The maximum atomic E-state index is 6.11. The smallest absolute Gasteiger partial charge is 0.122 e. The zero-order valence-corrected chi connectivity index (χ0v) is 15.6. The second-order valence-electron chi connectivity index (χ2n) is 7.49. The Hall–Kier alpha value is -0.780. The van der Waals surface area contributed by atoms with Gasteiger partial charge in [0.1, 0.15) is 5.75 Å². The molecule has 1 aromatic rings. The van der Waals surface area contributed by atoms with Crippen LogP contribution in [0.25, 0.3) is 0 Å². The first-order valence-electron chi connectivity index (χ1n) is 9.20. The van der Waals surface area contributed by atoms with Crippen LogP contribution in [0.3, 0.4) is 0 Å². The van der Waals surface area contributed by atoms with Crippen molar-refractivity contribution in [3.8, 4) is 5.75 Å². The van der Waals surface area contributed by atoms with Crippen molar-refractivity contribution in [2.45, 2.75) is 38.8 Å². The van der Waals surface area contributed by atoms with Crippen molar-refractivity contribution in [3.63, 3.8) is 0 Å². The molecule has 4 nitrogen and oxygen atoms in total. The van der Waals surface area contributed by atoms with Crippen LogP contribution in [0.2, 0.25) is 0 Å². The predicted molar refractivity (Wildman–Crippen MR) is 97.8 cm³/mol. The molecule has 0 unspecified atom stereocenters. The van der Waals surface area contributed by atoms with Crippen molar-refractivity contribution >= 4 is 11.8 Å². The normalized spacial score (nSPS) is 31.3. The Kier molecular flexibility index (Phi) is 5.02. The molecule has 3 saturated heterocycles. The van der Waals surface area contributed by atoms with Crippen molar-refractivity contribution in [2.24, 2.45) is 11.8 Å². The number of hydrogen-bond donors (Lipinski definition) is 0. The Labute approximate surface area is 149 Å². The third-order valence-electron chi connectivity index (χ3n) is 5.69. The van der Waals surface area contributed by atoms with Gasteiger partial charge in [0.05, 0.1) is 19.3 Å². The van der Waals surface area contributed by atoms with Crippen LogP contribution in [-0.2, 0) is 4.74 Å². The van der Waals surface area contributed by atoms with E-state index in [1.807, 2.05) is 26.0 Å². The Bertz CT molecular complexity index is 556. The Morgan fingerprint density at radius 1 is 1.21 bits per heavy atom. The molecule has 0 radical (unpaired) electrons. The van der Waals surface area contributed by atoms with Gasteiger partial charge >= 0.3 is 0 Å². The minimum Gasteiger partial charge on any atom is -0.493 e. The van der Waals surface area contributed by atoms with E-state index < -0.39 is 0 Å². The van der Waals surface area contributed by atoms with Crippen LogP contribution in [0.15, 0.2) is 12.1 Å². The number of aryl methyl sites for hydroxylation is 2. The summed E-state index contributed by atoms with van der Waals surface area (Å²) in [6.07, 6.45) is 3.12. The van der Waals surface area contributed by atoms with E-state index in [-0.39, 0.29) is 0 Å². The molecule has 0 spiro atoms. The zero-order valence-electron chi connectivity index (χ0n) is 14.7. The molecule has 3 aliphatic rings. The van der Waals surface area contributed by atoms with Gasteiger partial charge in [0.15, 0.2) is 0 Å². The summed E-state index contributed by atoms with van der Waals surface area (Å²) in [6, 6.07) is 4.84. The molecule has 24 heavy (non-hydrogen) atoms. The van der Waals surface area contributed by atoms with Gasteiger partial charge < -0.3 is 9.47 Å². The summed E-state index contributed by atoms with van der Waals surface area (Å²) >= 11 is 2.10. The van der Waals surface area contributed by atoms with Crippen LogP contribution < -0.4 is 4.74 Å². The fourth-order valence-electron chi connectivity index (χ4n) is 4.43. The lowest BCUT2D eigenvalue weighted by Gasteiger charge is -2.31. The largest absolute Gasteiger partial charge is 0.493 e. The molecule has 3 fully saturated rings. The number of pyridine rings is 1. The molecule has 3 aliphatic heterocycles. The summed E-state index contributed by atoms with van der Waals surface area (Å²) < 4.78 is 12.2. The lowest BCUT2D eigenvalue weighted by molar-refractivity contribution is 0.0811. The van der Waals surface area contributed by atoms with Crippen LogP contribution in [0.4, 0.5) is 0 Å². The van der Waals surface area contributed by atoms with E-state index in [0.717, 1.165) is 42.9 Å². The number of aromatic nitrogens is 1. The highest BCUT2D eigenvalue weighted by Gasteiger charge is 2.45. The topological polar surface area (TPSA) is 34.6 Å². The number of hydrogen-bond acceptors (Lipinski definition) is 5. The third kappa shape index (κ3) is 3.58. The lowest BCUT2D eigenvalue weighted by atomic mass is 9.94. The highest BCUT2D eigenvalue weighted by atomic mass is 32.2. The second-order valence-corrected chi connectivity index (χ2v) is 8.71. The maximum absolute atomic E-state index is 6.11. The monoisotopic (exact) mass is 348 g/mol. The summed E-state index contributed by atoms with van der Waals surface area (Å²) in [5.41, 5.74) is 2.04. The molecule has 3 atom stereocenters. The van der Waals surface area contributed by atoms with E-state index in [2.05, 4.69) is 21.6 Å². The number of likely N-dealkylation sites (tertiary alicyclic amines) is 1. The van der Waals surface area contributed by atoms with Crippen LogP contribution >= 0.6 is 11.8 Å². The molecule has 0 bridgehead atoms. The molecule has 4 heterocycles. The first-order valence-corrected chi connectivity index (χ1v) is 10.4. The van der Waals surface area contributed by atoms with E-state index >= 15 is 0 Å². The Balaban J connectivity index is 1.34. The minimum atomic E-state index is 0.425. The van der Waals surface area contributed by atoms with E-state index in [0.29, 0.717) is 17.9 Å². The van der Waals surface area contributed by atoms with Gasteiger partial charge in [-0.15, -0.1) is 0 Å². The molecule has 0 N–H and O–H groups in total. The van der Waals surface area contributed by atoms with E-state index in [9.17, 15) is 0 Å². The summed E-state index contributed by atoms with van der Waals surface area (Å²) in [6.45, 7) is 7.98. The van der Waals surface area contributed by atoms with Crippen molar-refractivity contribution in [2.75, 3.05) is 37.8 Å². The van der Waals surface area contributed by atoms with Crippen LogP contribution in [0.5, 0.6) is 5.75 Å². The molecule has 0 aliphatic carbocycles. The van der Waals surface area contributed by atoms with Crippen LogP contribution in [0.1, 0.15) is 24.2 Å². The second kappa shape index (κ2) is 7.22. The fraction of sp³-hybridized carbons (Fsp3) is 0.737. The van der Waals surface area contributed by atoms with Gasteiger partial charge in [0.25, 0.3) is 0 Å². The van der Waals surface area contributed by atoms with Gasteiger partial charge in [-0.1, -0.05) is 0 Å². The number of thioether (sulfide) groups is 1. The highest BCUT2D eigenvalue weighted by Crippen LogP contribution is 2.37. The summed E-state index contributed by atoms with van der Waals surface area (Å²) in [5.74, 6) is 4.76. The van der Waals surface area contributed by atoms with Gasteiger partial charge in [-0.3, -0.25) is 9.88 Å². The molecule has 0 saturated carbocycles. The quantitative estimate of drug-likeness (QED) is 0.836. The molecular formula is C19H28N2O2S. The molecule has 5 heteroatoms. The van der Waals surface area contributed by atoms with E-state index in [1.165, 1.54) is 30.9 Å². The molecule has 132 valence electrons. The third-order valence-corrected chi connectivity index (χ3v) is 6.74. The Morgan fingerprint density at radius 2 is 1.96 bits per heavy atom. The Morgan fingerprint density at radius 3 is 2.71 bits per heavy atom. The number of ether oxygens (including phenoxy) is 2. The van der Waals surface area contributed by atoms with Gasteiger partial charge in [0.2, 0.25) is 0 Å². The van der Waals surface area contributed by atoms with Crippen molar-refractivity contribution in [3.05, 3.63) is 23.5 Å². The van der Waals surface area contributed by atoms with E-state index in [1.54, 1.807) is 0 Å². The molecule has 4 rings (SSSR count). The van der Waals surface area contributed by atoms with E-state index in [4.69, 9.17) is 9.47 Å².